The zero-order valence-corrected chi connectivity index (χ0v) is 18.4. The Labute approximate surface area is 171 Å². The molecule has 0 amide bonds. The number of H-pyrrole nitrogens is 1. The molecule has 0 spiro atoms. The smallest absolute Gasteiger partial charge is 0.227 e. The van der Waals surface area contributed by atoms with E-state index in [1.54, 1.807) is 30.3 Å². The molecule has 0 radical (unpaired) electrons. The van der Waals surface area contributed by atoms with E-state index < -0.39 is 9.84 Å². The number of rotatable bonds is 3. The highest BCUT2D eigenvalue weighted by Crippen LogP contribution is 2.42. The van der Waals surface area contributed by atoms with Gasteiger partial charge in [0.2, 0.25) is 14.9 Å². The minimum absolute atomic E-state index is 0.130. The van der Waals surface area contributed by atoms with Crippen molar-refractivity contribution in [2.75, 3.05) is 0 Å². The standard InChI is InChI=1S/C22H27N3O3S/c1-21(2,3)16-12-14(13-17(19(16)26)22(4,5)6)18-20(24-25-23-18)29(27,28)15-10-8-7-9-11-15/h7-13,26H,1-6H3,(H,23,24,25). The second-order valence-electron chi connectivity index (χ2n) is 9.21. The topological polar surface area (TPSA) is 95.9 Å². The predicted molar refractivity (Wildman–Crippen MR) is 113 cm³/mol. The summed E-state index contributed by atoms with van der Waals surface area (Å²) in [6.07, 6.45) is 0. The molecular formula is C22H27N3O3S. The minimum Gasteiger partial charge on any atom is -0.507 e. The normalized spacial score (nSPS) is 12.9. The van der Waals surface area contributed by atoms with Crippen LogP contribution in [0.2, 0.25) is 0 Å². The van der Waals surface area contributed by atoms with E-state index in [1.165, 1.54) is 12.1 Å². The molecule has 0 aliphatic heterocycles. The van der Waals surface area contributed by atoms with Gasteiger partial charge in [0.05, 0.1) is 4.90 Å². The molecule has 1 aromatic heterocycles. The van der Waals surface area contributed by atoms with Gasteiger partial charge in [0.25, 0.3) is 0 Å². The zero-order valence-electron chi connectivity index (χ0n) is 17.6. The number of aromatic hydroxyl groups is 1. The van der Waals surface area contributed by atoms with Crippen LogP contribution >= 0.6 is 0 Å². The van der Waals surface area contributed by atoms with Crippen LogP contribution in [0.5, 0.6) is 5.75 Å². The van der Waals surface area contributed by atoms with Gasteiger partial charge < -0.3 is 5.11 Å². The Hall–Kier alpha value is -2.67. The third-order valence-corrected chi connectivity index (χ3v) is 6.51. The lowest BCUT2D eigenvalue weighted by Gasteiger charge is -2.28. The Morgan fingerprint density at radius 3 is 1.86 bits per heavy atom. The van der Waals surface area contributed by atoms with E-state index in [0.717, 1.165) is 11.1 Å². The molecule has 2 N–H and O–H groups in total. The van der Waals surface area contributed by atoms with Crippen molar-refractivity contribution in [3.05, 3.63) is 53.6 Å². The molecule has 2 aromatic carbocycles. The maximum atomic E-state index is 13.1. The number of aromatic nitrogens is 3. The van der Waals surface area contributed by atoms with Gasteiger partial charge in [-0.25, -0.2) is 8.42 Å². The molecule has 0 saturated carbocycles. The van der Waals surface area contributed by atoms with Gasteiger partial charge in [-0.1, -0.05) is 59.7 Å². The molecule has 0 unspecified atom stereocenters. The number of phenols is 1. The molecule has 6 nitrogen and oxygen atoms in total. The number of hydrogen-bond acceptors (Lipinski definition) is 5. The summed E-state index contributed by atoms with van der Waals surface area (Å²) in [7, 11) is -3.85. The highest BCUT2D eigenvalue weighted by molar-refractivity contribution is 7.91. The van der Waals surface area contributed by atoms with Crippen LogP contribution < -0.4 is 0 Å². The number of phenolic OH excluding ortho intramolecular Hbond substituents is 1. The SMILES string of the molecule is CC(C)(C)c1cc(-c2n[nH]nc2S(=O)(=O)c2ccccc2)cc(C(C)(C)C)c1O. The summed E-state index contributed by atoms with van der Waals surface area (Å²) < 4.78 is 26.3. The molecule has 1 heterocycles. The van der Waals surface area contributed by atoms with Gasteiger partial charge >= 0.3 is 0 Å². The molecular weight excluding hydrogens is 386 g/mol. The van der Waals surface area contributed by atoms with Crippen LogP contribution in [0, 0.1) is 0 Å². The van der Waals surface area contributed by atoms with Gasteiger partial charge in [-0.2, -0.15) is 10.3 Å². The Balaban J connectivity index is 2.28. The van der Waals surface area contributed by atoms with E-state index in [2.05, 4.69) is 15.4 Å². The maximum Gasteiger partial charge on any atom is 0.227 e. The number of hydrogen-bond donors (Lipinski definition) is 2. The van der Waals surface area contributed by atoms with Crippen LogP contribution in [0.3, 0.4) is 0 Å². The predicted octanol–water partition coefficient (Wildman–Crippen LogP) is 4.61. The number of aromatic amines is 1. The monoisotopic (exact) mass is 413 g/mol. The summed E-state index contributed by atoms with van der Waals surface area (Å²) in [5.74, 6) is 0.227. The van der Waals surface area contributed by atoms with E-state index in [4.69, 9.17) is 0 Å². The fraction of sp³-hybridized carbons (Fsp3) is 0.364. The highest BCUT2D eigenvalue weighted by Gasteiger charge is 2.31. The van der Waals surface area contributed by atoms with E-state index in [9.17, 15) is 13.5 Å². The molecule has 154 valence electrons. The van der Waals surface area contributed by atoms with Crippen LogP contribution in [0.15, 0.2) is 52.4 Å². The quantitative estimate of drug-likeness (QED) is 0.654. The van der Waals surface area contributed by atoms with Crippen molar-refractivity contribution >= 4 is 9.84 Å². The summed E-state index contributed by atoms with van der Waals surface area (Å²) in [5, 5.41) is 21.4. The number of nitrogens with zero attached hydrogens (tertiary/aromatic N) is 2. The van der Waals surface area contributed by atoms with Crippen molar-refractivity contribution < 1.29 is 13.5 Å². The Kier molecular flexibility index (Phi) is 5.07. The molecule has 0 fully saturated rings. The van der Waals surface area contributed by atoms with E-state index >= 15 is 0 Å². The summed E-state index contributed by atoms with van der Waals surface area (Å²) in [6.45, 7) is 12.0. The molecule has 0 aliphatic carbocycles. The maximum absolute atomic E-state index is 13.1. The van der Waals surface area contributed by atoms with Gasteiger partial charge in [-0.05, 0) is 35.1 Å². The summed E-state index contributed by atoms with van der Waals surface area (Å²) in [6, 6.07) is 11.8. The van der Waals surface area contributed by atoms with Gasteiger partial charge in [-0.3, -0.25) is 0 Å². The minimum atomic E-state index is -3.85. The summed E-state index contributed by atoms with van der Waals surface area (Å²) in [5.41, 5.74) is 1.60. The number of sulfone groups is 1. The molecule has 0 aliphatic rings. The Morgan fingerprint density at radius 2 is 1.38 bits per heavy atom. The molecule has 3 aromatic rings. The second kappa shape index (κ2) is 6.99. The Bertz CT molecular complexity index is 1100. The average molecular weight is 414 g/mol. The average Bonchev–Trinajstić information content (AvgIpc) is 3.11. The van der Waals surface area contributed by atoms with Crippen molar-refractivity contribution in [2.45, 2.75) is 62.3 Å². The molecule has 3 rings (SSSR count). The fourth-order valence-electron chi connectivity index (χ4n) is 3.22. The van der Waals surface area contributed by atoms with E-state index in [0.29, 0.717) is 5.56 Å². The van der Waals surface area contributed by atoms with Crippen molar-refractivity contribution in [2.24, 2.45) is 0 Å². The van der Waals surface area contributed by atoms with Crippen molar-refractivity contribution in [3.8, 4) is 17.0 Å². The largest absolute Gasteiger partial charge is 0.507 e. The molecule has 0 atom stereocenters. The van der Waals surface area contributed by atoms with E-state index in [-0.39, 0.29) is 32.2 Å². The second-order valence-corrected chi connectivity index (χ2v) is 11.1. The third kappa shape index (κ3) is 3.92. The lowest BCUT2D eigenvalue weighted by Crippen LogP contribution is -2.17. The number of nitrogens with one attached hydrogen (secondary N) is 1. The lowest BCUT2D eigenvalue weighted by molar-refractivity contribution is 0.423. The number of benzene rings is 2. The Morgan fingerprint density at radius 1 is 0.862 bits per heavy atom. The van der Waals surface area contributed by atoms with Crippen LogP contribution in [0.4, 0.5) is 0 Å². The van der Waals surface area contributed by atoms with Crippen molar-refractivity contribution in [3.63, 3.8) is 0 Å². The van der Waals surface area contributed by atoms with Crippen molar-refractivity contribution in [1.82, 2.24) is 15.4 Å². The van der Waals surface area contributed by atoms with Crippen LogP contribution in [0.1, 0.15) is 52.7 Å². The molecule has 29 heavy (non-hydrogen) atoms. The lowest BCUT2D eigenvalue weighted by atomic mass is 9.78. The fourth-order valence-corrected chi connectivity index (χ4v) is 4.54. The first-order valence-corrected chi connectivity index (χ1v) is 10.9. The van der Waals surface area contributed by atoms with Gasteiger partial charge in [-0.15, -0.1) is 5.10 Å². The third-order valence-electron chi connectivity index (χ3n) is 4.82. The first-order valence-electron chi connectivity index (χ1n) is 9.42. The highest BCUT2D eigenvalue weighted by atomic mass is 32.2. The summed E-state index contributed by atoms with van der Waals surface area (Å²) in [4.78, 5) is 0.154. The van der Waals surface area contributed by atoms with Crippen LogP contribution in [-0.4, -0.2) is 28.9 Å². The van der Waals surface area contributed by atoms with Gasteiger partial charge in [0, 0.05) is 16.7 Å². The first kappa shape index (κ1) is 21.0. The molecule has 0 saturated heterocycles. The summed E-state index contributed by atoms with van der Waals surface area (Å²) >= 11 is 0. The first-order chi connectivity index (χ1) is 13.3. The van der Waals surface area contributed by atoms with Crippen molar-refractivity contribution in [1.29, 1.82) is 0 Å². The molecule has 7 heteroatoms. The van der Waals surface area contributed by atoms with Gasteiger partial charge in [0.15, 0.2) is 0 Å². The van der Waals surface area contributed by atoms with Crippen LogP contribution in [0.25, 0.3) is 11.3 Å². The zero-order chi connectivity index (χ0) is 21.6. The van der Waals surface area contributed by atoms with E-state index in [1.807, 2.05) is 41.5 Å². The van der Waals surface area contributed by atoms with Crippen LogP contribution in [-0.2, 0) is 20.7 Å². The molecule has 0 bridgehead atoms. The van der Waals surface area contributed by atoms with Gasteiger partial charge in [0.1, 0.15) is 11.4 Å².